The average Bonchev–Trinajstić information content (AvgIpc) is 3.44. The highest BCUT2D eigenvalue weighted by molar-refractivity contribution is 6.01. The van der Waals surface area contributed by atoms with Crippen molar-refractivity contribution in [2.45, 2.75) is 95.7 Å². The van der Waals surface area contributed by atoms with E-state index in [0.29, 0.717) is 37.3 Å². The fourth-order valence-corrected chi connectivity index (χ4v) is 4.38. The van der Waals surface area contributed by atoms with E-state index in [1.165, 1.54) is 0 Å². The van der Waals surface area contributed by atoms with Crippen molar-refractivity contribution in [3.63, 3.8) is 0 Å². The normalized spacial score (nSPS) is 26.8. The number of ether oxygens (including phenoxy) is 2. The molecular formula is C23H35N3O9. The lowest BCUT2D eigenvalue weighted by atomic mass is 10.1. The predicted octanol–water partition coefficient (Wildman–Crippen LogP) is 0.164. The predicted molar refractivity (Wildman–Crippen MR) is 119 cm³/mol. The number of hydrogen-bond donors (Lipinski definition) is 2. The van der Waals surface area contributed by atoms with Crippen molar-refractivity contribution in [2.75, 3.05) is 19.7 Å². The monoisotopic (exact) mass is 497 g/mol. The zero-order valence-electron chi connectivity index (χ0n) is 20.1. The maximum absolute atomic E-state index is 12.6. The number of amides is 4. The lowest BCUT2D eigenvalue weighted by Gasteiger charge is -2.32. The van der Waals surface area contributed by atoms with E-state index in [2.05, 4.69) is 5.32 Å². The van der Waals surface area contributed by atoms with Gasteiger partial charge in [0, 0.05) is 38.8 Å². The Morgan fingerprint density at radius 3 is 2.54 bits per heavy atom. The van der Waals surface area contributed by atoms with E-state index in [1.807, 2.05) is 6.92 Å². The highest BCUT2D eigenvalue weighted by Gasteiger charge is 2.34. The van der Waals surface area contributed by atoms with E-state index < -0.39 is 36.2 Å². The first kappa shape index (κ1) is 27.0. The summed E-state index contributed by atoms with van der Waals surface area (Å²) in [5.41, 5.74) is 0. The Hall–Kier alpha value is -2.57. The lowest BCUT2D eigenvalue weighted by Crippen LogP contribution is -2.47. The van der Waals surface area contributed by atoms with Crippen LogP contribution in [0.15, 0.2) is 0 Å². The number of carbonyl (C=O) groups excluding carboxylic acids is 5. The number of aliphatic hydroxyl groups excluding tert-OH is 1. The number of hydrogen-bond acceptors (Lipinski definition) is 9. The second-order valence-corrected chi connectivity index (χ2v) is 9.12. The van der Waals surface area contributed by atoms with Crippen LogP contribution in [0.3, 0.4) is 0 Å². The van der Waals surface area contributed by atoms with Crippen LogP contribution in [0.25, 0.3) is 0 Å². The van der Waals surface area contributed by atoms with Crippen molar-refractivity contribution in [2.24, 2.45) is 0 Å². The first-order valence-electron chi connectivity index (χ1n) is 12.3. The molecule has 0 aromatic rings. The molecule has 2 N–H and O–H groups in total. The highest BCUT2D eigenvalue weighted by Crippen LogP contribution is 2.21. The molecule has 4 atom stereocenters. The molecule has 0 aromatic heterocycles. The van der Waals surface area contributed by atoms with E-state index >= 15 is 0 Å². The number of nitrogens with zero attached hydrogens (tertiary/aromatic N) is 2. The Kier molecular flexibility index (Phi) is 9.99. The van der Waals surface area contributed by atoms with Crippen molar-refractivity contribution in [1.82, 2.24) is 15.3 Å². The van der Waals surface area contributed by atoms with Gasteiger partial charge in [0.2, 0.25) is 11.8 Å². The summed E-state index contributed by atoms with van der Waals surface area (Å²) in [5.74, 6) is -2.16. The van der Waals surface area contributed by atoms with E-state index in [0.717, 1.165) is 12.8 Å². The van der Waals surface area contributed by atoms with Crippen LogP contribution in [-0.4, -0.2) is 88.9 Å². The quantitative estimate of drug-likeness (QED) is 0.300. The molecule has 0 spiro atoms. The minimum atomic E-state index is -0.700. The second-order valence-electron chi connectivity index (χ2n) is 9.12. The molecule has 4 amide bonds. The third-order valence-electron chi connectivity index (χ3n) is 6.33. The Balaban J connectivity index is 1.31. The lowest BCUT2D eigenvalue weighted by molar-refractivity contribution is -0.235. The van der Waals surface area contributed by atoms with Crippen molar-refractivity contribution in [3.8, 4) is 0 Å². The van der Waals surface area contributed by atoms with Gasteiger partial charge in [-0.1, -0.05) is 0 Å². The maximum Gasteiger partial charge on any atom is 0.333 e. The van der Waals surface area contributed by atoms with Gasteiger partial charge >= 0.3 is 5.97 Å². The van der Waals surface area contributed by atoms with E-state index in [-0.39, 0.29) is 56.8 Å². The van der Waals surface area contributed by atoms with Crippen LogP contribution in [0.4, 0.5) is 0 Å². The van der Waals surface area contributed by atoms with Gasteiger partial charge < -0.3 is 29.6 Å². The Labute approximate surface area is 204 Å². The number of rotatable bonds is 11. The minimum absolute atomic E-state index is 0.0141. The molecule has 3 heterocycles. The van der Waals surface area contributed by atoms with Crippen molar-refractivity contribution < 1.29 is 43.4 Å². The maximum atomic E-state index is 12.6. The molecule has 196 valence electrons. The summed E-state index contributed by atoms with van der Waals surface area (Å²) in [6.45, 7) is 2.84. The number of unbranched alkanes of at least 4 members (excludes halogenated alkanes) is 1. The summed E-state index contributed by atoms with van der Waals surface area (Å²) < 4.78 is 11.1. The highest BCUT2D eigenvalue weighted by atomic mass is 16.7. The first-order chi connectivity index (χ1) is 16.8. The van der Waals surface area contributed by atoms with Crippen LogP contribution >= 0.6 is 0 Å². The summed E-state index contributed by atoms with van der Waals surface area (Å²) in [7, 11) is 0. The molecule has 3 aliphatic heterocycles. The minimum Gasteiger partial charge on any atom is -0.388 e. The Morgan fingerprint density at radius 1 is 1.09 bits per heavy atom. The topological polar surface area (TPSA) is 152 Å². The van der Waals surface area contributed by atoms with Crippen LogP contribution in [-0.2, 0) is 38.3 Å². The molecule has 35 heavy (non-hydrogen) atoms. The fourth-order valence-electron chi connectivity index (χ4n) is 4.38. The van der Waals surface area contributed by atoms with Gasteiger partial charge in [0.1, 0.15) is 12.1 Å². The molecule has 3 aliphatic rings. The van der Waals surface area contributed by atoms with Crippen molar-refractivity contribution in [1.29, 1.82) is 0 Å². The van der Waals surface area contributed by atoms with Gasteiger partial charge in [-0.25, -0.2) is 4.79 Å². The average molecular weight is 498 g/mol. The molecule has 3 saturated heterocycles. The number of aliphatic hydroxyl groups is 1. The van der Waals surface area contributed by atoms with E-state index in [4.69, 9.17) is 14.3 Å². The fraction of sp³-hybridized carbons (Fsp3) is 0.783. The molecule has 0 saturated carbocycles. The molecule has 0 aliphatic carbocycles. The molecule has 3 fully saturated rings. The largest absolute Gasteiger partial charge is 0.388 e. The molecule has 0 unspecified atom stereocenters. The van der Waals surface area contributed by atoms with Gasteiger partial charge in [-0.2, -0.15) is 0 Å². The number of likely N-dealkylation sites (tertiary alicyclic amines) is 1. The van der Waals surface area contributed by atoms with Gasteiger partial charge in [-0.15, -0.1) is 5.06 Å². The Morgan fingerprint density at radius 2 is 1.80 bits per heavy atom. The summed E-state index contributed by atoms with van der Waals surface area (Å²) >= 11 is 0. The van der Waals surface area contributed by atoms with E-state index in [1.54, 1.807) is 4.90 Å². The summed E-state index contributed by atoms with van der Waals surface area (Å²) in [6, 6.07) is -0.545. The van der Waals surface area contributed by atoms with Crippen LogP contribution in [0, 0.1) is 0 Å². The standard InChI is InChI=1S/C23H35N3O9/c1-15-8-9-17(27)23(34-15)33-14-12-24-22(32)16-5-4-13-25(16)18(28)6-2-3-7-21(31)35-26-19(29)10-11-20(26)30/h15-17,23,27H,2-14H2,1H3,(H,24,32)/t15-,16+,17-,23+/m0/s1. The van der Waals surface area contributed by atoms with Crippen molar-refractivity contribution in [3.05, 3.63) is 0 Å². The summed E-state index contributed by atoms with van der Waals surface area (Å²) in [6.07, 6.45) is 2.31. The molecular weight excluding hydrogens is 462 g/mol. The van der Waals surface area contributed by atoms with Gasteiger partial charge in [-0.3, -0.25) is 19.2 Å². The Bertz CT molecular complexity index is 789. The number of carbonyl (C=O) groups is 5. The van der Waals surface area contributed by atoms with Gasteiger partial charge in [0.25, 0.3) is 11.8 Å². The summed E-state index contributed by atoms with van der Waals surface area (Å²) in [4.78, 5) is 66.4. The van der Waals surface area contributed by atoms with Crippen LogP contribution in [0.2, 0.25) is 0 Å². The second kappa shape index (κ2) is 12.9. The molecule has 0 aromatic carbocycles. The first-order valence-corrected chi connectivity index (χ1v) is 12.3. The summed E-state index contributed by atoms with van der Waals surface area (Å²) in [5, 5.41) is 13.2. The van der Waals surface area contributed by atoms with Crippen LogP contribution in [0.5, 0.6) is 0 Å². The van der Waals surface area contributed by atoms with E-state index in [9.17, 15) is 29.1 Å². The smallest absolute Gasteiger partial charge is 0.333 e. The zero-order chi connectivity index (χ0) is 25.4. The van der Waals surface area contributed by atoms with Gasteiger partial charge in [-0.05, 0) is 45.4 Å². The van der Waals surface area contributed by atoms with Crippen LogP contribution < -0.4 is 5.32 Å². The molecule has 0 bridgehead atoms. The third kappa shape index (κ3) is 7.71. The number of nitrogens with one attached hydrogen (secondary N) is 1. The van der Waals surface area contributed by atoms with Crippen LogP contribution in [0.1, 0.15) is 71.1 Å². The molecule has 3 rings (SSSR count). The zero-order valence-corrected chi connectivity index (χ0v) is 20.1. The van der Waals surface area contributed by atoms with Crippen molar-refractivity contribution >= 4 is 29.6 Å². The SMILES string of the molecule is C[C@H]1CC[C@H](O)[C@H](OCCNC(=O)[C@H]2CCCN2C(=O)CCCCC(=O)ON2C(=O)CCC2=O)O1. The molecule has 12 heteroatoms. The van der Waals surface area contributed by atoms with Gasteiger partial charge in [0.05, 0.1) is 12.7 Å². The third-order valence-corrected chi connectivity index (χ3v) is 6.33. The molecule has 12 nitrogen and oxygen atoms in total. The number of hydroxylamine groups is 2. The molecule has 0 radical (unpaired) electrons. The van der Waals surface area contributed by atoms with Gasteiger partial charge in [0.15, 0.2) is 6.29 Å². The number of imide groups is 1.